The first-order valence-electron chi connectivity index (χ1n) is 9.65. The van der Waals surface area contributed by atoms with E-state index in [0.717, 1.165) is 12.8 Å². The Morgan fingerprint density at radius 3 is 1.50 bits per heavy atom. The van der Waals surface area contributed by atoms with Gasteiger partial charge in [0.25, 0.3) is 0 Å². The number of unbranched alkanes of at least 4 members (excludes halogenated alkanes) is 8. The average molecular weight is 309 g/mol. The van der Waals surface area contributed by atoms with Crippen molar-refractivity contribution >= 4 is 11.6 Å². The molecule has 1 aliphatic rings. The molecular formula is C20H36O2. The van der Waals surface area contributed by atoms with Gasteiger partial charge in [0.15, 0.2) is 0 Å². The number of ketones is 2. The summed E-state index contributed by atoms with van der Waals surface area (Å²) in [5.41, 5.74) is 0.0187. The minimum absolute atomic E-state index is 0.0187. The summed E-state index contributed by atoms with van der Waals surface area (Å²) in [6.45, 7) is 4.46. The van der Waals surface area contributed by atoms with Gasteiger partial charge in [0.2, 0.25) is 0 Å². The monoisotopic (exact) mass is 308 g/mol. The summed E-state index contributed by atoms with van der Waals surface area (Å²) in [6, 6.07) is 0. The maximum atomic E-state index is 11.9. The Morgan fingerprint density at radius 2 is 1.09 bits per heavy atom. The van der Waals surface area contributed by atoms with E-state index in [2.05, 4.69) is 13.8 Å². The SMILES string of the molecule is CCCCCCCC1(CCCCCCC)CC(=O)CC(=O)C1. The van der Waals surface area contributed by atoms with Gasteiger partial charge in [-0.25, -0.2) is 0 Å². The van der Waals surface area contributed by atoms with Gasteiger partial charge in [-0.2, -0.15) is 0 Å². The number of Topliss-reactive ketones (excluding diaryl/α,β-unsaturated/α-hetero) is 2. The Kier molecular flexibility index (Phi) is 9.66. The summed E-state index contributed by atoms with van der Waals surface area (Å²) >= 11 is 0. The van der Waals surface area contributed by atoms with Crippen molar-refractivity contribution in [3.05, 3.63) is 0 Å². The molecule has 0 atom stereocenters. The third-order valence-corrected chi connectivity index (χ3v) is 5.16. The standard InChI is InChI=1S/C20H36O2/c1-3-5-7-9-11-13-20(14-12-10-8-6-4-2)16-18(21)15-19(22)17-20/h3-17H2,1-2H3. The van der Waals surface area contributed by atoms with Crippen molar-refractivity contribution in [2.24, 2.45) is 5.41 Å². The summed E-state index contributed by atoms with van der Waals surface area (Å²) in [5.74, 6) is 0.386. The lowest BCUT2D eigenvalue weighted by atomic mass is 9.67. The highest BCUT2D eigenvalue weighted by Crippen LogP contribution is 2.42. The minimum Gasteiger partial charge on any atom is -0.299 e. The van der Waals surface area contributed by atoms with Crippen LogP contribution in [-0.2, 0) is 9.59 Å². The number of rotatable bonds is 12. The van der Waals surface area contributed by atoms with Gasteiger partial charge in [-0.15, -0.1) is 0 Å². The second-order valence-corrected chi connectivity index (χ2v) is 7.44. The van der Waals surface area contributed by atoms with Crippen LogP contribution in [0.15, 0.2) is 0 Å². The smallest absolute Gasteiger partial charge is 0.140 e. The van der Waals surface area contributed by atoms with Crippen molar-refractivity contribution in [1.82, 2.24) is 0 Å². The zero-order valence-corrected chi connectivity index (χ0v) is 14.9. The normalized spacial score (nSPS) is 17.9. The molecule has 22 heavy (non-hydrogen) atoms. The van der Waals surface area contributed by atoms with E-state index in [1.807, 2.05) is 0 Å². The molecule has 0 radical (unpaired) electrons. The summed E-state index contributed by atoms with van der Waals surface area (Å²) < 4.78 is 0. The van der Waals surface area contributed by atoms with E-state index in [0.29, 0.717) is 12.8 Å². The molecule has 0 N–H and O–H groups in total. The van der Waals surface area contributed by atoms with Crippen LogP contribution in [0, 0.1) is 5.41 Å². The lowest BCUT2D eigenvalue weighted by molar-refractivity contribution is -0.134. The molecule has 0 spiro atoms. The molecule has 1 aliphatic carbocycles. The molecule has 128 valence electrons. The van der Waals surface area contributed by atoms with Gasteiger partial charge < -0.3 is 0 Å². The highest BCUT2D eigenvalue weighted by molar-refractivity contribution is 6.02. The van der Waals surface area contributed by atoms with E-state index >= 15 is 0 Å². The van der Waals surface area contributed by atoms with Gasteiger partial charge in [0.1, 0.15) is 11.6 Å². The first-order valence-corrected chi connectivity index (χ1v) is 9.65. The van der Waals surface area contributed by atoms with Gasteiger partial charge in [0, 0.05) is 12.8 Å². The van der Waals surface area contributed by atoms with Crippen LogP contribution < -0.4 is 0 Å². The van der Waals surface area contributed by atoms with Crippen LogP contribution in [0.25, 0.3) is 0 Å². The van der Waals surface area contributed by atoms with Crippen LogP contribution in [0.5, 0.6) is 0 Å². The molecule has 0 aromatic rings. The van der Waals surface area contributed by atoms with Gasteiger partial charge in [-0.3, -0.25) is 9.59 Å². The fourth-order valence-corrected chi connectivity index (χ4v) is 3.93. The third kappa shape index (κ3) is 7.56. The molecule has 0 aromatic carbocycles. The lowest BCUT2D eigenvalue weighted by Gasteiger charge is -2.36. The summed E-state index contributed by atoms with van der Waals surface area (Å²) in [4.78, 5) is 23.9. The molecule has 0 aliphatic heterocycles. The van der Waals surface area contributed by atoms with Crippen molar-refractivity contribution in [1.29, 1.82) is 0 Å². The fraction of sp³-hybridized carbons (Fsp3) is 0.900. The van der Waals surface area contributed by atoms with E-state index in [9.17, 15) is 9.59 Å². The molecule has 0 saturated heterocycles. The van der Waals surface area contributed by atoms with Crippen molar-refractivity contribution in [3.8, 4) is 0 Å². The summed E-state index contributed by atoms with van der Waals surface area (Å²) in [7, 11) is 0. The molecule has 0 aromatic heterocycles. The molecular weight excluding hydrogens is 272 g/mol. The van der Waals surface area contributed by atoms with Crippen LogP contribution >= 0.6 is 0 Å². The molecule has 1 rings (SSSR count). The predicted octanol–water partition coefficient (Wildman–Crippen LogP) is 6.02. The van der Waals surface area contributed by atoms with Crippen molar-refractivity contribution in [3.63, 3.8) is 0 Å². The molecule has 0 bridgehead atoms. The highest BCUT2D eigenvalue weighted by Gasteiger charge is 2.38. The number of carbonyl (C=O) groups is 2. The predicted molar refractivity (Wildman–Crippen MR) is 93.1 cm³/mol. The van der Waals surface area contributed by atoms with Gasteiger partial charge in [0.05, 0.1) is 6.42 Å². The van der Waals surface area contributed by atoms with E-state index in [1.54, 1.807) is 0 Å². The van der Waals surface area contributed by atoms with E-state index in [1.165, 1.54) is 64.2 Å². The van der Waals surface area contributed by atoms with Gasteiger partial charge in [-0.1, -0.05) is 78.1 Å². The topological polar surface area (TPSA) is 34.1 Å². The van der Waals surface area contributed by atoms with E-state index < -0.39 is 0 Å². The van der Waals surface area contributed by atoms with E-state index in [4.69, 9.17) is 0 Å². The number of hydrogen-bond acceptors (Lipinski definition) is 2. The Labute approximate surface area is 137 Å². The third-order valence-electron chi connectivity index (χ3n) is 5.16. The lowest BCUT2D eigenvalue weighted by Crippen LogP contribution is -2.34. The van der Waals surface area contributed by atoms with Crippen LogP contribution in [0.1, 0.15) is 110 Å². The first kappa shape index (κ1) is 19.4. The largest absolute Gasteiger partial charge is 0.299 e. The van der Waals surface area contributed by atoms with Crippen molar-refractivity contribution < 1.29 is 9.59 Å². The fourth-order valence-electron chi connectivity index (χ4n) is 3.93. The Morgan fingerprint density at radius 1 is 0.682 bits per heavy atom. The highest BCUT2D eigenvalue weighted by atomic mass is 16.1. The quantitative estimate of drug-likeness (QED) is 0.326. The second kappa shape index (κ2) is 11.0. The minimum atomic E-state index is 0.0187. The number of carbonyl (C=O) groups excluding carboxylic acids is 2. The van der Waals surface area contributed by atoms with Crippen LogP contribution in [0.2, 0.25) is 0 Å². The zero-order valence-electron chi connectivity index (χ0n) is 14.9. The molecule has 0 unspecified atom stereocenters. The Balaban J connectivity index is 2.45. The first-order chi connectivity index (χ1) is 10.6. The maximum Gasteiger partial charge on any atom is 0.140 e. The Bertz CT molecular complexity index is 301. The van der Waals surface area contributed by atoms with Gasteiger partial charge >= 0.3 is 0 Å². The summed E-state index contributed by atoms with van der Waals surface area (Å²) in [5, 5.41) is 0. The van der Waals surface area contributed by atoms with Crippen LogP contribution in [-0.4, -0.2) is 11.6 Å². The van der Waals surface area contributed by atoms with Gasteiger partial charge in [-0.05, 0) is 18.3 Å². The zero-order chi connectivity index (χ0) is 16.3. The number of hydrogen-bond donors (Lipinski definition) is 0. The summed E-state index contributed by atoms with van der Waals surface area (Å²) in [6.07, 6.45) is 16.3. The Hall–Kier alpha value is -0.660. The average Bonchev–Trinajstić information content (AvgIpc) is 2.46. The second-order valence-electron chi connectivity index (χ2n) is 7.44. The molecule has 1 fully saturated rings. The molecule has 1 saturated carbocycles. The van der Waals surface area contributed by atoms with E-state index in [-0.39, 0.29) is 23.4 Å². The molecule has 2 nitrogen and oxygen atoms in total. The molecule has 0 heterocycles. The van der Waals surface area contributed by atoms with Crippen molar-refractivity contribution in [2.75, 3.05) is 0 Å². The van der Waals surface area contributed by atoms with Crippen molar-refractivity contribution in [2.45, 2.75) is 110 Å². The van der Waals surface area contributed by atoms with Crippen LogP contribution in [0.3, 0.4) is 0 Å². The molecule has 0 amide bonds. The molecule has 2 heteroatoms. The van der Waals surface area contributed by atoms with Crippen LogP contribution in [0.4, 0.5) is 0 Å². The maximum absolute atomic E-state index is 11.9.